The summed E-state index contributed by atoms with van der Waals surface area (Å²) in [6.45, 7) is 26.1. The predicted molar refractivity (Wildman–Crippen MR) is 453 cm³/mol. The first-order valence-corrected chi connectivity index (χ1v) is 38.2. The largest absolute Gasteiger partial charge is 0.508 e. The molecule has 0 spiro atoms. The van der Waals surface area contributed by atoms with Crippen LogP contribution in [0, 0.1) is 13.8 Å². The van der Waals surface area contributed by atoms with Crippen molar-refractivity contribution in [3.05, 3.63) is 240 Å². The number of nitrogens with two attached hydrogens (primary N) is 1. The second-order valence-electron chi connectivity index (χ2n) is 25.3. The lowest BCUT2D eigenvalue weighted by molar-refractivity contribution is -0.142. The number of ketones is 3. The van der Waals surface area contributed by atoms with E-state index in [2.05, 4.69) is 10.3 Å². The number of anilines is 5. The maximum atomic E-state index is 12.4. The predicted octanol–water partition coefficient (Wildman–Crippen LogP) is 14.8. The number of rotatable bonds is 35. The molecule has 0 aliphatic rings. The van der Waals surface area contributed by atoms with Crippen LogP contribution >= 0.6 is 0 Å². The number of likely N-dealkylation sites (N-methyl/N-ethyl adjacent to an activating group) is 4. The second-order valence-corrected chi connectivity index (χ2v) is 25.3. The Balaban J connectivity index is 0.000000296. The number of hydrogen-bond donors (Lipinski definition) is 9. The first kappa shape index (κ1) is 94.6. The molecule has 0 atom stereocenters. The Bertz CT molecular complexity index is 4490. The number of ether oxygens (including phenoxy) is 5. The van der Waals surface area contributed by atoms with Crippen molar-refractivity contribution in [2.75, 3.05) is 117 Å². The van der Waals surface area contributed by atoms with Crippen LogP contribution in [0.1, 0.15) is 113 Å². The van der Waals surface area contributed by atoms with Gasteiger partial charge in [0.1, 0.15) is 84.6 Å². The van der Waals surface area contributed by atoms with E-state index in [1.807, 2.05) is 189 Å². The monoisotopic (exact) mass is 1580 g/mol. The van der Waals surface area contributed by atoms with Gasteiger partial charge in [-0.05, 0) is 165 Å². The van der Waals surface area contributed by atoms with Gasteiger partial charge in [0.15, 0.2) is 17.3 Å². The zero-order valence-corrected chi connectivity index (χ0v) is 67.8. The van der Waals surface area contributed by atoms with Crippen LogP contribution in [0.3, 0.4) is 0 Å². The number of hydrogen-bond acceptors (Lipinski definition) is 25. The number of phenolic OH excluding ortho intramolecular Hbond substituents is 7. The third kappa shape index (κ3) is 34.4. The van der Waals surface area contributed by atoms with Gasteiger partial charge >= 0.3 is 17.9 Å². The Morgan fingerprint density at radius 3 is 1.19 bits per heavy atom. The minimum atomic E-state index is -0.270. The number of carbonyl (C=O) groups is 6. The summed E-state index contributed by atoms with van der Waals surface area (Å²) in [5, 5.41) is 69.9. The topological polar surface area (TPSA) is 354 Å². The lowest BCUT2D eigenvalue weighted by Gasteiger charge is -2.22. The van der Waals surface area contributed by atoms with Crippen LogP contribution in [0.15, 0.2) is 211 Å². The van der Waals surface area contributed by atoms with E-state index >= 15 is 0 Å². The molecule has 0 aliphatic carbocycles. The molecule has 0 heterocycles. The Morgan fingerprint density at radius 2 is 0.783 bits per heavy atom. The van der Waals surface area contributed by atoms with Crippen molar-refractivity contribution in [1.82, 2.24) is 0 Å². The third-order valence-corrected chi connectivity index (χ3v) is 17.1. The Morgan fingerprint density at radius 1 is 0.400 bits per heavy atom. The van der Waals surface area contributed by atoms with E-state index in [0.717, 1.165) is 57.6 Å². The SMILES string of the molecule is CCC(=NCC(=O)CN(CC)c1cccc(O)c1)c1ccc(O)c(C)c1O.CCC(=O)c1ccc(O)c(C)c1O.CCN(CC(=O)CN)c1cccc(O)c1.CCOC(=O)CN(CC)c1cccc(O)c1.CCOC(=O)CN(CC)c1cccc(OCc2ccccc2)c1.CCOC(=O)CNc1cccc(OCc2ccccc2)c1. The van der Waals surface area contributed by atoms with Crippen molar-refractivity contribution >= 4 is 69.4 Å². The van der Waals surface area contributed by atoms with Crippen molar-refractivity contribution in [3.8, 4) is 51.7 Å². The molecule has 9 aromatic rings. The molecule has 0 amide bonds. The van der Waals surface area contributed by atoms with Gasteiger partial charge in [0.05, 0.1) is 51.6 Å². The normalized spacial score (nSPS) is 10.3. The Kier molecular flexibility index (Phi) is 43.2. The van der Waals surface area contributed by atoms with Gasteiger partial charge in [-0.3, -0.25) is 33.8 Å². The smallest absolute Gasteiger partial charge is 0.325 e. The lowest BCUT2D eigenvalue weighted by Crippen LogP contribution is -2.32. The summed E-state index contributed by atoms with van der Waals surface area (Å²) >= 11 is 0. The van der Waals surface area contributed by atoms with Crippen LogP contribution in [-0.2, 0) is 51.4 Å². The zero-order chi connectivity index (χ0) is 84.6. The standard InChI is InChI=1S/C21H26N2O4.C19H23NO3.C17H19NO3.C12H17NO3.C11H16N2O2.C10H12O3/c1-4-19(18-9-10-20(26)14(3)21(18)27)22-12-17(25)13-23(5-2)15-7-6-8-16(24)11-15;1-3-20(14-19(21)22-4-2)17-11-8-12-18(13-17)23-15-16-9-6-5-7-10-16;1-2-20-17(19)12-18-15-9-6-10-16(11-15)21-13-14-7-4-3-5-8-14;1-3-13(9-12(15)16-4-2)10-6-5-7-11(14)8-10;1-2-13(8-11(15)7-12)9-4-3-5-10(14)6-9;1-3-8(11)7-4-5-9(12)6(2)10(7)13/h6-11,24,26-27H,4-5,12-13H2,1-3H3;5-13H,3-4,14-15H2,1-2H3;3-11,18H,2,12-13H2,1H3;5-8,14H,3-4,9H2,1-2H3;3-6,14H,2,7-8,12H2,1H3;4-5,12-13H,3H2,1-2H3. The average molecular weight is 1580 g/mol. The first-order valence-electron chi connectivity index (χ1n) is 38.2. The van der Waals surface area contributed by atoms with E-state index < -0.39 is 0 Å². The molecule has 0 aromatic heterocycles. The Labute approximate surface area is 675 Å². The van der Waals surface area contributed by atoms with Gasteiger partial charge < -0.3 is 90.1 Å². The lowest BCUT2D eigenvalue weighted by atomic mass is 10.0. The maximum Gasteiger partial charge on any atom is 0.325 e. The summed E-state index contributed by atoms with van der Waals surface area (Å²) in [5.41, 5.74) is 13.8. The van der Waals surface area contributed by atoms with Gasteiger partial charge in [-0.2, -0.15) is 0 Å². The molecule has 25 heteroatoms. The summed E-state index contributed by atoms with van der Waals surface area (Å²) in [7, 11) is 0. The second kappa shape index (κ2) is 52.5. The van der Waals surface area contributed by atoms with Gasteiger partial charge in [-0.1, -0.05) is 105 Å². The first-order chi connectivity index (χ1) is 55.3. The number of Topliss-reactive ketones (excluding diaryl/α,β-unsaturated/α-hetero) is 3. The number of aromatic hydroxyl groups is 7. The number of nitrogens with zero attached hydrogens (tertiary/aromatic N) is 5. The van der Waals surface area contributed by atoms with Crippen molar-refractivity contribution in [2.24, 2.45) is 10.7 Å². The van der Waals surface area contributed by atoms with Crippen molar-refractivity contribution < 1.29 is 88.2 Å². The number of esters is 3. The van der Waals surface area contributed by atoms with Gasteiger partial charge in [0.2, 0.25) is 0 Å². The van der Waals surface area contributed by atoms with Crippen LogP contribution in [0.2, 0.25) is 0 Å². The summed E-state index contributed by atoms with van der Waals surface area (Å²) in [4.78, 5) is 81.1. The minimum Gasteiger partial charge on any atom is -0.508 e. The van der Waals surface area contributed by atoms with E-state index in [-0.39, 0.29) is 127 Å². The molecule has 10 N–H and O–H groups in total. The molecular formula is C90H113N7O18. The molecule has 616 valence electrons. The third-order valence-electron chi connectivity index (χ3n) is 17.1. The van der Waals surface area contributed by atoms with Crippen molar-refractivity contribution in [3.63, 3.8) is 0 Å². The van der Waals surface area contributed by atoms with Gasteiger partial charge in [-0.15, -0.1) is 0 Å². The highest BCUT2D eigenvalue weighted by atomic mass is 16.5. The fourth-order valence-electron chi connectivity index (χ4n) is 10.8. The number of aliphatic imine (C=N–C) groups is 1. The van der Waals surface area contributed by atoms with Crippen LogP contribution in [-0.4, -0.2) is 169 Å². The quantitative estimate of drug-likeness (QED) is 0.00771. The average Bonchev–Trinajstić information content (AvgIpc) is 0.802. The molecule has 0 fully saturated rings. The molecule has 0 aliphatic heterocycles. The summed E-state index contributed by atoms with van der Waals surface area (Å²) in [6, 6.07) is 61.7. The number of carbonyl (C=O) groups excluding carboxylic acids is 6. The molecule has 0 unspecified atom stereocenters. The van der Waals surface area contributed by atoms with E-state index in [0.29, 0.717) is 87.9 Å². The van der Waals surface area contributed by atoms with E-state index in [1.165, 1.54) is 18.2 Å². The summed E-state index contributed by atoms with van der Waals surface area (Å²) < 4.78 is 26.3. The van der Waals surface area contributed by atoms with E-state index in [1.54, 1.807) is 95.3 Å². The van der Waals surface area contributed by atoms with Gasteiger partial charge in [0, 0.05) is 114 Å². The van der Waals surface area contributed by atoms with Gasteiger partial charge in [-0.25, -0.2) is 0 Å². The van der Waals surface area contributed by atoms with E-state index in [4.69, 9.17) is 29.4 Å². The number of nitrogens with one attached hydrogen (secondary N) is 1. The van der Waals surface area contributed by atoms with Crippen LogP contribution in [0.25, 0.3) is 0 Å². The van der Waals surface area contributed by atoms with Crippen LogP contribution in [0.5, 0.6) is 51.7 Å². The fourth-order valence-corrected chi connectivity index (χ4v) is 10.8. The number of phenols is 7. The molecule has 0 saturated carbocycles. The van der Waals surface area contributed by atoms with Crippen LogP contribution in [0.4, 0.5) is 28.4 Å². The molecule has 0 saturated heterocycles. The number of benzene rings is 9. The Hall–Kier alpha value is -12.8. The molecular weight excluding hydrogens is 1470 g/mol. The molecule has 25 nitrogen and oxygen atoms in total. The zero-order valence-electron chi connectivity index (χ0n) is 67.8. The maximum absolute atomic E-state index is 12.4. The summed E-state index contributed by atoms with van der Waals surface area (Å²) in [5.74, 6) is 1.03. The van der Waals surface area contributed by atoms with Crippen LogP contribution < -0.4 is 40.1 Å². The highest BCUT2D eigenvalue weighted by Crippen LogP contribution is 2.33. The fraction of sp³-hybridized carbons (Fsp3) is 0.322. The molecule has 115 heavy (non-hydrogen) atoms. The van der Waals surface area contributed by atoms with Crippen molar-refractivity contribution in [2.45, 2.75) is 102 Å². The molecule has 9 rings (SSSR count). The van der Waals surface area contributed by atoms with Gasteiger partial charge in [0.25, 0.3) is 0 Å². The van der Waals surface area contributed by atoms with E-state index in [9.17, 15) is 64.5 Å². The highest BCUT2D eigenvalue weighted by molar-refractivity contribution is 6.04. The summed E-state index contributed by atoms with van der Waals surface area (Å²) in [6.07, 6.45) is 0.896. The molecule has 0 radical (unpaired) electrons. The molecule has 9 aromatic carbocycles. The molecule has 0 bridgehead atoms. The highest BCUT2D eigenvalue weighted by Gasteiger charge is 2.18. The van der Waals surface area contributed by atoms with Crippen molar-refractivity contribution in [1.29, 1.82) is 0 Å². The minimum absolute atomic E-state index is 0.00213.